The van der Waals surface area contributed by atoms with Gasteiger partial charge in [0.05, 0.1) is 51.5 Å². The minimum Gasteiger partial charge on any atom is -0.497 e. The topological polar surface area (TPSA) is 143 Å². The predicted molar refractivity (Wildman–Crippen MR) is 215 cm³/mol. The van der Waals surface area contributed by atoms with Crippen LogP contribution in [0.4, 0.5) is 17.1 Å². The molecular formula is C43H48N4O8Si. The number of non-ortho nitro benzene ring substituents is 1. The third-order valence-corrected chi connectivity index (χ3v) is 16.3. The maximum absolute atomic E-state index is 15.3. The van der Waals surface area contributed by atoms with Crippen molar-refractivity contribution < 1.29 is 33.9 Å². The van der Waals surface area contributed by atoms with Crippen molar-refractivity contribution in [3.8, 4) is 5.75 Å². The Bertz CT molecular complexity index is 2130. The van der Waals surface area contributed by atoms with Gasteiger partial charge >= 0.3 is 0 Å². The largest absolute Gasteiger partial charge is 0.497 e. The summed E-state index contributed by atoms with van der Waals surface area (Å²) in [5.74, 6) is -0.313. The van der Waals surface area contributed by atoms with Crippen molar-refractivity contribution >= 4 is 48.0 Å². The summed E-state index contributed by atoms with van der Waals surface area (Å²) in [7, 11) is -1.04. The standard InChI is InChI=1S/C43H48N4O8Si/c1-29-41(56(3,4)35-18-16-34(54-2)17-19-35)38(26-40(50)44(22-23-48)27-30-10-6-5-7-11-30)55-43(29)36-25-33(47(52)53)15-20-37(36)46(42(43)51)28-31-12-8-13-32(24-31)45-21-9-14-39(45)49/h5-8,10-13,15-20,24-25,29,38,41,48H,9,14,21-23,26-28H2,1-4H3/t29-,38+,41-,43+/m1/s1. The van der Waals surface area contributed by atoms with Crippen molar-refractivity contribution in [3.63, 3.8) is 0 Å². The summed E-state index contributed by atoms with van der Waals surface area (Å²) in [5.41, 5.74) is 1.29. The second-order valence-corrected chi connectivity index (χ2v) is 20.2. The number of hydrogen-bond donors (Lipinski definition) is 1. The third-order valence-electron chi connectivity index (χ3n) is 12.0. The summed E-state index contributed by atoms with van der Waals surface area (Å²) in [4.78, 5) is 59.1. The first-order chi connectivity index (χ1) is 26.9. The predicted octanol–water partition coefficient (Wildman–Crippen LogP) is 5.90. The quantitative estimate of drug-likeness (QED) is 0.101. The van der Waals surface area contributed by atoms with Crippen LogP contribution >= 0.6 is 0 Å². The second-order valence-electron chi connectivity index (χ2n) is 15.6. The van der Waals surface area contributed by atoms with Crippen molar-refractivity contribution in [3.05, 3.63) is 124 Å². The number of carbonyl (C=O) groups is 3. The number of anilines is 2. The summed E-state index contributed by atoms with van der Waals surface area (Å²) < 4.78 is 12.6. The van der Waals surface area contributed by atoms with Crippen LogP contribution in [0.25, 0.3) is 0 Å². The normalized spacial score (nSPS) is 21.8. The highest BCUT2D eigenvalue weighted by Gasteiger charge is 2.66. The van der Waals surface area contributed by atoms with Gasteiger partial charge in [-0.2, -0.15) is 0 Å². The van der Waals surface area contributed by atoms with Gasteiger partial charge in [0.25, 0.3) is 11.6 Å². The fourth-order valence-electron chi connectivity index (χ4n) is 9.22. The zero-order valence-electron chi connectivity index (χ0n) is 32.2. The molecule has 12 nitrogen and oxygen atoms in total. The number of rotatable bonds is 13. The van der Waals surface area contributed by atoms with E-state index in [1.807, 2.05) is 85.8 Å². The van der Waals surface area contributed by atoms with Crippen molar-refractivity contribution in [2.45, 2.75) is 69.6 Å². The number of nitro benzene ring substituents is 1. The monoisotopic (exact) mass is 776 g/mol. The van der Waals surface area contributed by atoms with E-state index in [9.17, 15) is 24.8 Å². The first-order valence-corrected chi connectivity index (χ1v) is 22.2. The molecular weight excluding hydrogens is 729 g/mol. The molecule has 3 heterocycles. The maximum atomic E-state index is 15.3. The molecule has 0 unspecified atom stereocenters. The highest BCUT2D eigenvalue weighted by atomic mass is 28.3. The van der Waals surface area contributed by atoms with Gasteiger partial charge in [0.1, 0.15) is 5.75 Å². The molecule has 1 N–H and O–H groups in total. The van der Waals surface area contributed by atoms with Crippen molar-refractivity contribution in [1.29, 1.82) is 0 Å². The van der Waals surface area contributed by atoms with Gasteiger partial charge in [-0.3, -0.25) is 24.5 Å². The zero-order valence-corrected chi connectivity index (χ0v) is 33.2. The molecule has 13 heteroatoms. The van der Waals surface area contributed by atoms with Crippen LogP contribution in [0, 0.1) is 16.0 Å². The molecule has 0 saturated carbocycles. The van der Waals surface area contributed by atoms with E-state index in [1.54, 1.807) is 27.9 Å². The lowest BCUT2D eigenvalue weighted by molar-refractivity contribution is -0.385. The molecule has 1 spiro atoms. The molecule has 2 fully saturated rings. The number of nitrogens with zero attached hydrogens (tertiary/aromatic N) is 4. The molecule has 292 valence electrons. The number of aliphatic hydroxyl groups is 1. The van der Waals surface area contributed by atoms with Crippen LogP contribution in [0.2, 0.25) is 18.6 Å². The van der Waals surface area contributed by atoms with E-state index < -0.39 is 30.6 Å². The van der Waals surface area contributed by atoms with Gasteiger partial charge in [0.15, 0.2) is 5.60 Å². The fraction of sp³-hybridized carbons (Fsp3) is 0.372. The number of carbonyl (C=O) groups excluding carboxylic acids is 3. The minimum absolute atomic E-state index is 0.0559. The van der Waals surface area contributed by atoms with E-state index in [4.69, 9.17) is 9.47 Å². The lowest BCUT2D eigenvalue weighted by Gasteiger charge is -2.37. The first-order valence-electron chi connectivity index (χ1n) is 19.1. The molecule has 2 saturated heterocycles. The summed E-state index contributed by atoms with van der Waals surface area (Å²) in [6, 6.07) is 29.5. The van der Waals surface area contributed by atoms with Gasteiger partial charge in [0, 0.05) is 55.4 Å². The van der Waals surface area contributed by atoms with Crippen molar-refractivity contribution in [2.75, 3.05) is 36.6 Å². The molecule has 0 aliphatic carbocycles. The number of aliphatic hydroxyl groups excluding tert-OH is 1. The van der Waals surface area contributed by atoms with Crippen molar-refractivity contribution in [2.24, 2.45) is 5.92 Å². The Hall–Kier alpha value is -5.37. The van der Waals surface area contributed by atoms with Crippen LogP contribution in [0.1, 0.15) is 42.9 Å². The van der Waals surface area contributed by atoms with Crippen LogP contribution in [0.5, 0.6) is 5.75 Å². The van der Waals surface area contributed by atoms with E-state index in [1.165, 1.54) is 12.1 Å². The fourth-order valence-corrected chi connectivity index (χ4v) is 13.2. The van der Waals surface area contributed by atoms with Gasteiger partial charge < -0.3 is 29.3 Å². The maximum Gasteiger partial charge on any atom is 0.269 e. The van der Waals surface area contributed by atoms with Gasteiger partial charge in [-0.25, -0.2) is 0 Å². The molecule has 0 bridgehead atoms. The van der Waals surface area contributed by atoms with Crippen LogP contribution in [0.3, 0.4) is 0 Å². The number of hydrogen-bond acceptors (Lipinski definition) is 8. The molecule has 4 atom stereocenters. The molecule has 3 aliphatic rings. The van der Waals surface area contributed by atoms with Gasteiger partial charge in [0.2, 0.25) is 11.8 Å². The van der Waals surface area contributed by atoms with E-state index in [0.29, 0.717) is 36.5 Å². The van der Waals surface area contributed by atoms with Gasteiger partial charge in [-0.15, -0.1) is 0 Å². The summed E-state index contributed by atoms with van der Waals surface area (Å²) in [5, 5.41) is 23.3. The van der Waals surface area contributed by atoms with Crippen molar-refractivity contribution in [1.82, 2.24) is 4.90 Å². The Morgan fingerprint density at radius 3 is 2.41 bits per heavy atom. The molecule has 4 aromatic carbocycles. The Balaban J connectivity index is 1.31. The molecule has 4 aromatic rings. The summed E-state index contributed by atoms with van der Waals surface area (Å²) in [6.07, 6.45) is 0.477. The SMILES string of the molecule is COc1ccc([Si](C)(C)[C@H]2[C@H](CC(=O)N(CCO)Cc3ccccc3)O[C@@]3(C(=O)N(Cc4cccc(N5CCCC5=O)c4)c4ccc([N+](=O)[O-])cc43)[C@@H]2C)cc1. The number of fused-ring (bicyclic) bond motifs is 2. The van der Waals surface area contributed by atoms with Crippen LogP contribution in [-0.2, 0) is 37.8 Å². The van der Waals surface area contributed by atoms with E-state index in [0.717, 1.165) is 28.4 Å². The van der Waals surface area contributed by atoms with E-state index in [2.05, 4.69) is 13.1 Å². The highest BCUT2D eigenvalue weighted by Crippen LogP contribution is 2.60. The Labute approximate surface area is 327 Å². The van der Waals surface area contributed by atoms with Crippen LogP contribution < -0.4 is 19.7 Å². The number of nitro groups is 1. The zero-order chi connectivity index (χ0) is 39.8. The number of benzene rings is 4. The first kappa shape index (κ1) is 38.9. The molecule has 3 amide bonds. The average molecular weight is 777 g/mol. The lowest BCUT2D eigenvalue weighted by atomic mass is 9.82. The minimum atomic E-state index is -2.65. The average Bonchev–Trinajstić information content (AvgIpc) is 3.83. The highest BCUT2D eigenvalue weighted by molar-refractivity contribution is 6.91. The Morgan fingerprint density at radius 2 is 1.75 bits per heavy atom. The smallest absolute Gasteiger partial charge is 0.269 e. The van der Waals surface area contributed by atoms with Gasteiger partial charge in [-0.05, 0) is 53.4 Å². The molecule has 7 rings (SSSR count). The van der Waals surface area contributed by atoms with Crippen LogP contribution in [0.15, 0.2) is 97.1 Å². The number of amides is 3. The Morgan fingerprint density at radius 1 is 1.02 bits per heavy atom. The summed E-state index contributed by atoms with van der Waals surface area (Å²) >= 11 is 0. The lowest BCUT2D eigenvalue weighted by Crippen LogP contribution is -2.52. The third kappa shape index (κ3) is 6.99. The summed E-state index contributed by atoms with van der Waals surface area (Å²) in [6.45, 7) is 7.36. The number of ether oxygens (including phenoxy) is 2. The molecule has 0 radical (unpaired) electrons. The second kappa shape index (κ2) is 15.6. The molecule has 56 heavy (non-hydrogen) atoms. The van der Waals surface area contributed by atoms with Crippen LogP contribution in [-0.4, -0.2) is 73.6 Å². The van der Waals surface area contributed by atoms with Gasteiger partial charge in [-0.1, -0.05) is 79.8 Å². The molecule has 3 aliphatic heterocycles. The Kier molecular flexibility index (Phi) is 10.9. The molecule has 0 aromatic heterocycles. The van der Waals surface area contributed by atoms with E-state index in [-0.39, 0.29) is 55.1 Å². The number of methoxy groups -OCH3 is 1. The van der Waals surface area contributed by atoms with E-state index >= 15 is 4.79 Å².